The van der Waals surface area contributed by atoms with Crippen LogP contribution in [0, 0.1) is 5.92 Å². The summed E-state index contributed by atoms with van der Waals surface area (Å²) < 4.78 is 0. The third-order valence-electron chi connectivity index (χ3n) is 4.31. The van der Waals surface area contributed by atoms with Gasteiger partial charge in [-0.3, -0.25) is 4.79 Å². The maximum Gasteiger partial charge on any atom is 0.305 e. The summed E-state index contributed by atoms with van der Waals surface area (Å²) in [6, 6.07) is 0.441. The van der Waals surface area contributed by atoms with E-state index in [0.717, 1.165) is 19.0 Å². The van der Waals surface area contributed by atoms with Gasteiger partial charge in [0, 0.05) is 19.1 Å². The maximum absolute atomic E-state index is 10.9. The molecule has 1 aliphatic heterocycles. The summed E-state index contributed by atoms with van der Waals surface area (Å²) in [6.07, 6.45) is 6.86. The molecule has 17 heavy (non-hydrogen) atoms. The zero-order valence-corrected chi connectivity index (χ0v) is 10.7. The van der Waals surface area contributed by atoms with Crippen LogP contribution < -0.4 is 10.6 Å². The highest BCUT2D eigenvalue weighted by atomic mass is 16.4. The van der Waals surface area contributed by atoms with Crippen LogP contribution >= 0.6 is 0 Å². The molecule has 98 valence electrons. The molecular formula is C13H24N2O2. The molecular weight excluding hydrogens is 216 g/mol. The lowest BCUT2D eigenvalue weighted by molar-refractivity contribution is -0.139. The van der Waals surface area contributed by atoms with Gasteiger partial charge >= 0.3 is 5.97 Å². The third-order valence-corrected chi connectivity index (χ3v) is 4.31. The van der Waals surface area contributed by atoms with Crippen LogP contribution in [-0.4, -0.2) is 35.7 Å². The molecule has 0 bridgehead atoms. The van der Waals surface area contributed by atoms with E-state index in [1.54, 1.807) is 0 Å². The molecule has 3 N–H and O–H groups in total. The summed E-state index contributed by atoms with van der Waals surface area (Å²) >= 11 is 0. The van der Waals surface area contributed by atoms with E-state index in [4.69, 9.17) is 5.11 Å². The Morgan fingerprint density at radius 2 is 2.06 bits per heavy atom. The minimum atomic E-state index is -0.699. The number of rotatable bonds is 5. The summed E-state index contributed by atoms with van der Waals surface area (Å²) in [4.78, 5) is 10.9. The van der Waals surface area contributed by atoms with Crippen LogP contribution in [0.3, 0.4) is 0 Å². The van der Waals surface area contributed by atoms with E-state index in [9.17, 15) is 4.79 Å². The first-order valence-electron chi connectivity index (χ1n) is 6.81. The number of hydrogen-bond acceptors (Lipinski definition) is 3. The second-order valence-electron chi connectivity index (χ2n) is 5.79. The summed E-state index contributed by atoms with van der Waals surface area (Å²) in [5.74, 6) is 0.0323. The topological polar surface area (TPSA) is 61.4 Å². The molecule has 0 radical (unpaired) electrons. The quantitative estimate of drug-likeness (QED) is 0.679. The Balaban J connectivity index is 1.86. The van der Waals surface area contributed by atoms with Crippen LogP contribution in [0.25, 0.3) is 0 Å². The van der Waals surface area contributed by atoms with Crippen molar-refractivity contribution in [2.75, 3.05) is 13.1 Å². The van der Waals surface area contributed by atoms with Gasteiger partial charge in [0.2, 0.25) is 0 Å². The number of hydrogen-bond donors (Lipinski definition) is 3. The first kappa shape index (κ1) is 12.8. The van der Waals surface area contributed by atoms with Crippen LogP contribution in [-0.2, 0) is 4.79 Å². The van der Waals surface area contributed by atoms with Crippen molar-refractivity contribution >= 4 is 5.97 Å². The molecule has 1 saturated carbocycles. The first-order chi connectivity index (χ1) is 8.11. The zero-order chi connectivity index (χ0) is 12.3. The molecule has 4 heteroatoms. The number of carbonyl (C=O) groups is 1. The van der Waals surface area contributed by atoms with Gasteiger partial charge in [-0.05, 0) is 25.7 Å². The smallest absolute Gasteiger partial charge is 0.305 e. The fourth-order valence-electron chi connectivity index (χ4n) is 3.23. The van der Waals surface area contributed by atoms with Crippen molar-refractivity contribution in [2.24, 2.45) is 5.92 Å². The zero-order valence-electron chi connectivity index (χ0n) is 10.7. The molecule has 1 heterocycles. The fourth-order valence-corrected chi connectivity index (χ4v) is 3.23. The van der Waals surface area contributed by atoms with Gasteiger partial charge in [0.1, 0.15) is 0 Å². The summed E-state index contributed by atoms with van der Waals surface area (Å²) in [6.45, 7) is 3.80. The minimum absolute atomic E-state index is 0.192. The molecule has 1 saturated heterocycles. The largest absolute Gasteiger partial charge is 0.481 e. The number of aliphatic carboxylic acids is 1. The fraction of sp³-hybridized carbons (Fsp3) is 0.923. The Labute approximate surface area is 103 Å². The molecule has 0 spiro atoms. The Hall–Kier alpha value is -0.610. The van der Waals surface area contributed by atoms with Gasteiger partial charge in [-0.25, -0.2) is 0 Å². The van der Waals surface area contributed by atoms with Gasteiger partial charge in [-0.2, -0.15) is 0 Å². The second kappa shape index (κ2) is 5.36. The molecule has 0 aromatic heterocycles. The van der Waals surface area contributed by atoms with E-state index in [2.05, 4.69) is 17.6 Å². The monoisotopic (exact) mass is 240 g/mol. The maximum atomic E-state index is 10.9. The average molecular weight is 240 g/mol. The van der Waals surface area contributed by atoms with Gasteiger partial charge in [0.05, 0.1) is 12.0 Å². The molecule has 1 atom stereocenters. The van der Waals surface area contributed by atoms with E-state index in [0.29, 0.717) is 6.04 Å². The van der Waals surface area contributed by atoms with Crippen LogP contribution in [0.4, 0.5) is 0 Å². The van der Waals surface area contributed by atoms with Gasteiger partial charge in [0.15, 0.2) is 0 Å². The molecule has 1 unspecified atom stereocenters. The van der Waals surface area contributed by atoms with Crippen molar-refractivity contribution in [1.29, 1.82) is 0 Å². The van der Waals surface area contributed by atoms with Crippen molar-refractivity contribution in [2.45, 2.75) is 57.0 Å². The molecule has 4 nitrogen and oxygen atoms in total. The van der Waals surface area contributed by atoms with Crippen LogP contribution in [0.15, 0.2) is 0 Å². The van der Waals surface area contributed by atoms with E-state index in [1.807, 2.05) is 0 Å². The summed E-state index contributed by atoms with van der Waals surface area (Å²) in [7, 11) is 0. The van der Waals surface area contributed by atoms with Crippen LogP contribution in [0.5, 0.6) is 0 Å². The van der Waals surface area contributed by atoms with Crippen molar-refractivity contribution < 1.29 is 9.90 Å². The molecule has 1 aliphatic carbocycles. The van der Waals surface area contributed by atoms with E-state index < -0.39 is 5.97 Å². The lowest BCUT2D eigenvalue weighted by Gasteiger charge is -2.46. The van der Waals surface area contributed by atoms with Crippen molar-refractivity contribution in [3.8, 4) is 0 Å². The van der Waals surface area contributed by atoms with E-state index in [1.165, 1.54) is 32.1 Å². The van der Waals surface area contributed by atoms with Gasteiger partial charge in [-0.1, -0.05) is 19.3 Å². The highest BCUT2D eigenvalue weighted by Crippen LogP contribution is 2.28. The van der Waals surface area contributed by atoms with Crippen LogP contribution in [0.2, 0.25) is 0 Å². The lowest BCUT2D eigenvalue weighted by atomic mass is 9.81. The van der Waals surface area contributed by atoms with Gasteiger partial charge < -0.3 is 15.7 Å². The predicted molar refractivity (Wildman–Crippen MR) is 67.0 cm³/mol. The highest BCUT2D eigenvalue weighted by molar-refractivity contribution is 5.68. The van der Waals surface area contributed by atoms with E-state index in [-0.39, 0.29) is 12.0 Å². The molecule has 2 aliphatic rings. The Morgan fingerprint density at radius 3 is 2.53 bits per heavy atom. The van der Waals surface area contributed by atoms with E-state index >= 15 is 0 Å². The summed E-state index contributed by atoms with van der Waals surface area (Å²) in [5.41, 5.74) is -0.192. The average Bonchev–Trinajstić information content (AvgIpc) is 2.26. The Kier molecular flexibility index (Phi) is 4.05. The number of nitrogens with one attached hydrogen (secondary N) is 2. The summed E-state index contributed by atoms with van der Waals surface area (Å²) in [5, 5.41) is 15.7. The van der Waals surface area contributed by atoms with Crippen molar-refractivity contribution in [1.82, 2.24) is 10.6 Å². The van der Waals surface area contributed by atoms with Gasteiger partial charge in [-0.15, -0.1) is 0 Å². The Morgan fingerprint density at radius 1 is 1.41 bits per heavy atom. The number of carboxylic acids is 1. The number of carboxylic acid groups (broad SMARTS) is 1. The molecule has 2 fully saturated rings. The highest BCUT2D eigenvalue weighted by Gasteiger charge is 2.40. The predicted octanol–water partition coefficient (Wildman–Crippen LogP) is 1.36. The molecule has 0 aromatic carbocycles. The molecule has 2 rings (SSSR count). The lowest BCUT2D eigenvalue weighted by Crippen LogP contribution is -2.70. The Bertz CT molecular complexity index is 271. The third kappa shape index (κ3) is 3.19. The normalized spacial score (nSPS) is 26.2. The SMILES string of the molecule is CC(NC1(CC(=O)O)CNC1)C1CCCCC1. The minimum Gasteiger partial charge on any atom is -0.481 e. The molecule has 0 aromatic rings. The van der Waals surface area contributed by atoms with Crippen molar-refractivity contribution in [3.63, 3.8) is 0 Å². The van der Waals surface area contributed by atoms with Crippen molar-refractivity contribution in [3.05, 3.63) is 0 Å². The molecule has 0 amide bonds. The first-order valence-corrected chi connectivity index (χ1v) is 6.81. The van der Waals surface area contributed by atoms with Crippen LogP contribution in [0.1, 0.15) is 45.4 Å². The second-order valence-corrected chi connectivity index (χ2v) is 5.79. The standard InChI is InChI=1S/C13H24N2O2/c1-10(11-5-3-2-4-6-11)15-13(7-12(16)17)8-14-9-13/h10-11,14-15H,2-9H2,1H3,(H,16,17). The van der Waals surface area contributed by atoms with Gasteiger partial charge in [0.25, 0.3) is 0 Å².